The largest absolute Gasteiger partial charge is 0.325 e. The van der Waals surface area contributed by atoms with Crippen molar-refractivity contribution in [3.63, 3.8) is 0 Å². The van der Waals surface area contributed by atoms with E-state index in [1.807, 2.05) is 35.5 Å². The minimum Gasteiger partial charge on any atom is -0.325 e. The molecule has 2 amide bonds. The molecule has 0 bridgehead atoms. The molecule has 0 aliphatic rings. The summed E-state index contributed by atoms with van der Waals surface area (Å²) in [6.07, 6.45) is 0. The predicted molar refractivity (Wildman–Crippen MR) is 116 cm³/mol. The summed E-state index contributed by atoms with van der Waals surface area (Å²) >= 11 is 6.50. The third-order valence-electron chi connectivity index (χ3n) is 3.64. The van der Waals surface area contributed by atoms with Gasteiger partial charge in [0.2, 0.25) is 5.91 Å². The molecule has 0 aliphatic carbocycles. The Kier molecular flexibility index (Phi) is 6.78. The number of hydrogen-bond acceptors (Lipinski definition) is 5. The molecule has 0 unspecified atom stereocenters. The number of carbonyl (C=O) groups is 2. The van der Waals surface area contributed by atoms with Gasteiger partial charge in [-0.15, -0.1) is 22.7 Å². The van der Waals surface area contributed by atoms with Crippen molar-refractivity contribution in [2.45, 2.75) is 6.54 Å². The van der Waals surface area contributed by atoms with E-state index in [-0.39, 0.29) is 11.8 Å². The SMILES string of the molecule is CN(CC(=O)Nc1ccc(NC(=O)c2cccs2)cc1)Cc1ccc(Br)s1. The summed E-state index contributed by atoms with van der Waals surface area (Å²) in [5.74, 6) is -0.216. The summed E-state index contributed by atoms with van der Waals surface area (Å²) in [4.78, 5) is 28.1. The molecular weight excluding hydrogens is 446 g/mol. The van der Waals surface area contributed by atoms with E-state index in [1.165, 1.54) is 16.2 Å². The van der Waals surface area contributed by atoms with Gasteiger partial charge in [-0.05, 0) is 70.8 Å². The van der Waals surface area contributed by atoms with Crippen LogP contribution >= 0.6 is 38.6 Å². The molecule has 2 heterocycles. The molecule has 3 aromatic rings. The van der Waals surface area contributed by atoms with Crippen LogP contribution < -0.4 is 10.6 Å². The fourth-order valence-corrected chi connectivity index (χ4v) is 4.62. The minimum absolute atomic E-state index is 0.0801. The van der Waals surface area contributed by atoms with Gasteiger partial charge in [0.15, 0.2) is 0 Å². The summed E-state index contributed by atoms with van der Waals surface area (Å²) in [5, 5.41) is 7.57. The number of thiophene rings is 2. The van der Waals surface area contributed by atoms with Crippen molar-refractivity contribution in [2.75, 3.05) is 24.2 Å². The molecule has 0 atom stereocenters. The molecule has 5 nitrogen and oxygen atoms in total. The Labute approximate surface area is 174 Å². The zero-order valence-electron chi connectivity index (χ0n) is 14.6. The van der Waals surface area contributed by atoms with Crippen molar-refractivity contribution >= 4 is 61.8 Å². The third kappa shape index (κ3) is 6.00. The summed E-state index contributed by atoms with van der Waals surface area (Å²) in [6, 6.07) is 14.8. The molecule has 0 saturated carbocycles. The number of hydrogen-bond donors (Lipinski definition) is 2. The molecule has 0 aliphatic heterocycles. The average molecular weight is 464 g/mol. The molecule has 2 N–H and O–H groups in total. The molecule has 140 valence electrons. The third-order valence-corrected chi connectivity index (χ3v) is 6.12. The first-order valence-corrected chi connectivity index (χ1v) is 10.7. The van der Waals surface area contributed by atoms with Crippen LogP contribution in [0, 0.1) is 0 Å². The molecule has 3 rings (SSSR count). The lowest BCUT2D eigenvalue weighted by atomic mass is 10.2. The van der Waals surface area contributed by atoms with Crippen LogP contribution in [0.25, 0.3) is 0 Å². The highest BCUT2D eigenvalue weighted by atomic mass is 79.9. The van der Waals surface area contributed by atoms with Gasteiger partial charge in [-0.1, -0.05) is 6.07 Å². The second kappa shape index (κ2) is 9.27. The van der Waals surface area contributed by atoms with Crippen LogP contribution in [-0.4, -0.2) is 30.3 Å². The van der Waals surface area contributed by atoms with E-state index in [1.54, 1.807) is 41.7 Å². The maximum absolute atomic E-state index is 12.2. The molecular formula is C19H18BrN3O2S2. The van der Waals surface area contributed by atoms with Crippen molar-refractivity contribution in [3.8, 4) is 0 Å². The second-order valence-electron chi connectivity index (χ2n) is 5.94. The number of amides is 2. The Morgan fingerprint density at radius 1 is 1.04 bits per heavy atom. The Morgan fingerprint density at radius 2 is 1.74 bits per heavy atom. The number of halogens is 1. The minimum atomic E-state index is -0.136. The van der Waals surface area contributed by atoms with Crippen LogP contribution in [0.15, 0.2) is 57.7 Å². The van der Waals surface area contributed by atoms with Gasteiger partial charge in [0, 0.05) is 22.8 Å². The summed E-state index contributed by atoms with van der Waals surface area (Å²) in [5.41, 5.74) is 1.38. The number of benzene rings is 1. The van der Waals surface area contributed by atoms with Gasteiger partial charge < -0.3 is 10.6 Å². The normalized spacial score (nSPS) is 10.8. The standard InChI is InChI=1S/C19H18BrN3O2S2/c1-23(11-15-8-9-17(20)27-15)12-18(24)21-13-4-6-14(7-5-13)22-19(25)16-3-2-10-26-16/h2-10H,11-12H2,1H3,(H,21,24)(H,22,25). The van der Waals surface area contributed by atoms with E-state index in [0.717, 1.165) is 10.3 Å². The zero-order chi connectivity index (χ0) is 19.2. The van der Waals surface area contributed by atoms with E-state index < -0.39 is 0 Å². The van der Waals surface area contributed by atoms with Gasteiger partial charge in [-0.3, -0.25) is 14.5 Å². The van der Waals surface area contributed by atoms with Crippen molar-refractivity contribution in [1.82, 2.24) is 4.90 Å². The topological polar surface area (TPSA) is 61.4 Å². The predicted octanol–water partition coefficient (Wildman–Crippen LogP) is 4.89. The van der Waals surface area contributed by atoms with Gasteiger partial charge in [0.25, 0.3) is 5.91 Å². The van der Waals surface area contributed by atoms with Gasteiger partial charge in [0.05, 0.1) is 15.2 Å². The van der Waals surface area contributed by atoms with Gasteiger partial charge in [-0.2, -0.15) is 0 Å². The lowest BCUT2D eigenvalue weighted by molar-refractivity contribution is -0.117. The Morgan fingerprint density at radius 3 is 2.33 bits per heavy atom. The lowest BCUT2D eigenvalue weighted by Gasteiger charge is -2.15. The van der Waals surface area contributed by atoms with Crippen LogP contribution in [0.1, 0.15) is 14.5 Å². The van der Waals surface area contributed by atoms with Crippen LogP contribution in [0.3, 0.4) is 0 Å². The highest BCUT2D eigenvalue weighted by molar-refractivity contribution is 9.11. The van der Waals surface area contributed by atoms with Crippen LogP contribution in [-0.2, 0) is 11.3 Å². The molecule has 1 aromatic carbocycles. The first-order valence-electron chi connectivity index (χ1n) is 8.17. The molecule has 0 radical (unpaired) electrons. The van der Waals surface area contributed by atoms with Crippen molar-refractivity contribution < 1.29 is 9.59 Å². The molecule has 27 heavy (non-hydrogen) atoms. The number of carbonyl (C=O) groups excluding carboxylic acids is 2. The number of likely N-dealkylation sites (N-methyl/N-ethyl adjacent to an activating group) is 1. The smallest absolute Gasteiger partial charge is 0.265 e. The molecule has 8 heteroatoms. The van der Waals surface area contributed by atoms with Gasteiger partial charge >= 0.3 is 0 Å². The second-order valence-corrected chi connectivity index (χ2v) is 9.43. The Bertz CT molecular complexity index is 907. The Balaban J connectivity index is 1.48. The zero-order valence-corrected chi connectivity index (χ0v) is 17.8. The van der Waals surface area contributed by atoms with Crippen LogP contribution in [0.2, 0.25) is 0 Å². The van der Waals surface area contributed by atoms with Crippen LogP contribution in [0.4, 0.5) is 11.4 Å². The number of rotatable bonds is 7. The first kappa shape index (κ1) is 19.8. The highest BCUT2D eigenvalue weighted by Crippen LogP contribution is 2.23. The maximum atomic E-state index is 12.2. The summed E-state index contributed by atoms with van der Waals surface area (Å²) in [7, 11) is 1.91. The van der Waals surface area contributed by atoms with E-state index in [4.69, 9.17) is 0 Å². The van der Waals surface area contributed by atoms with E-state index >= 15 is 0 Å². The monoisotopic (exact) mass is 463 g/mol. The van der Waals surface area contributed by atoms with Crippen molar-refractivity contribution in [3.05, 3.63) is 67.5 Å². The van der Waals surface area contributed by atoms with Gasteiger partial charge in [0.1, 0.15) is 0 Å². The van der Waals surface area contributed by atoms with Crippen LogP contribution in [0.5, 0.6) is 0 Å². The fraction of sp³-hybridized carbons (Fsp3) is 0.158. The van der Waals surface area contributed by atoms with Gasteiger partial charge in [-0.25, -0.2) is 0 Å². The fourth-order valence-electron chi connectivity index (χ4n) is 2.44. The highest BCUT2D eigenvalue weighted by Gasteiger charge is 2.10. The molecule has 0 saturated heterocycles. The average Bonchev–Trinajstić information content (AvgIpc) is 3.28. The lowest BCUT2D eigenvalue weighted by Crippen LogP contribution is -2.29. The van der Waals surface area contributed by atoms with E-state index in [0.29, 0.717) is 22.8 Å². The quantitative estimate of drug-likeness (QED) is 0.523. The number of anilines is 2. The molecule has 0 fully saturated rings. The number of nitrogens with zero attached hydrogens (tertiary/aromatic N) is 1. The van der Waals surface area contributed by atoms with E-state index in [2.05, 4.69) is 26.6 Å². The van der Waals surface area contributed by atoms with Crippen molar-refractivity contribution in [2.24, 2.45) is 0 Å². The number of nitrogens with one attached hydrogen (secondary N) is 2. The van der Waals surface area contributed by atoms with Crippen molar-refractivity contribution in [1.29, 1.82) is 0 Å². The summed E-state index contributed by atoms with van der Waals surface area (Å²) < 4.78 is 1.08. The molecule has 0 spiro atoms. The maximum Gasteiger partial charge on any atom is 0.265 e. The first-order chi connectivity index (χ1) is 13.0. The Hall–Kier alpha value is -2.00. The molecule has 2 aromatic heterocycles. The van der Waals surface area contributed by atoms with E-state index in [9.17, 15) is 9.59 Å². The summed E-state index contributed by atoms with van der Waals surface area (Å²) in [6.45, 7) is 1.02.